The monoisotopic (exact) mass is 956 g/mol. The van der Waals surface area contributed by atoms with Crippen LogP contribution in [0.5, 0.6) is 28.7 Å². The number of nitrogens with one attached hydrogen (secondary N) is 1. The van der Waals surface area contributed by atoms with Crippen molar-refractivity contribution in [2.24, 2.45) is 22.9 Å². The number of amides is 2. The van der Waals surface area contributed by atoms with Crippen molar-refractivity contribution in [1.82, 2.24) is 4.90 Å². The summed E-state index contributed by atoms with van der Waals surface area (Å²) in [6.07, 6.45) is 8.88. The molecule has 69 heavy (non-hydrogen) atoms. The highest BCUT2D eigenvalue weighted by Gasteiger charge is 2.65. The summed E-state index contributed by atoms with van der Waals surface area (Å²) in [5.41, 5.74) is 2.34. The van der Waals surface area contributed by atoms with E-state index in [9.17, 15) is 29.9 Å². The fraction of sp³-hybridized carbons (Fsp3) is 0.510. The number of unbranched alkanes of at least 4 members (excludes halogenated alkanes) is 2. The van der Waals surface area contributed by atoms with E-state index >= 15 is 0 Å². The van der Waals surface area contributed by atoms with Crippen molar-refractivity contribution in [3.63, 3.8) is 0 Å². The molecule has 2 aliphatic heterocycles. The Morgan fingerprint density at radius 3 is 2.41 bits per heavy atom. The summed E-state index contributed by atoms with van der Waals surface area (Å²) < 4.78 is 43.1. The fourth-order valence-electron chi connectivity index (χ4n) is 10.2. The van der Waals surface area contributed by atoms with Crippen LogP contribution in [-0.4, -0.2) is 103 Å². The molecule has 3 aromatic rings. The zero-order valence-electron chi connectivity index (χ0n) is 39.5. The molecule has 0 aromatic heterocycles. The summed E-state index contributed by atoms with van der Waals surface area (Å²) in [5.74, 6) is -1.13. The van der Waals surface area contributed by atoms with Gasteiger partial charge in [0.25, 0.3) is 5.69 Å². The van der Waals surface area contributed by atoms with E-state index in [1.807, 2.05) is 13.0 Å². The normalized spacial score (nSPS) is 24.1. The number of anilines is 1. The van der Waals surface area contributed by atoms with Crippen LogP contribution in [0.15, 0.2) is 90.1 Å². The van der Waals surface area contributed by atoms with Gasteiger partial charge in [-0.2, -0.15) is 0 Å². The molecule has 0 radical (unpaired) electrons. The summed E-state index contributed by atoms with van der Waals surface area (Å²) in [6.45, 7) is 6.75. The molecular formula is C51H64N4O14. The smallest absolute Gasteiger partial charge is 0.417 e. The SMILES string of the molecule is C=CCO[C@@]12Oc3ccc(OC(=O)Nc4ccc(OC)cc4OC)cc3[C@H]3[C@H](CCCCO)[C@@H](CCCCO)C=C(C(=NOC4CCCCO4)C[C@@H]1N(CCC)C(=O)Oc1ccc([N+](=O)[O-])cc1)[C@H]32. The zero-order chi connectivity index (χ0) is 48.9. The molecule has 1 saturated heterocycles. The first-order valence-electron chi connectivity index (χ1n) is 23.9. The fourth-order valence-corrected chi connectivity index (χ4v) is 10.2. The largest absolute Gasteiger partial charge is 0.497 e. The summed E-state index contributed by atoms with van der Waals surface area (Å²) in [5, 5.41) is 39.1. The van der Waals surface area contributed by atoms with Gasteiger partial charge in [-0.3, -0.25) is 20.3 Å². The van der Waals surface area contributed by atoms with Gasteiger partial charge >= 0.3 is 12.2 Å². The molecule has 2 heterocycles. The molecule has 2 amide bonds. The van der Waals surface area contributed by atoms with Gasteiger partial charge in [-0.05, 0) is 105 Å². The third kappa shape index (κ3) is 11.6. The lowest BCUT2D eigenvalue weighted by atomic mass is 9.55. The predicted octanol–water partition coefficient (Wildman–Crippen LogP) is 9.29. The molecule has 18 heteroatoms. The highest BCUT2D eigenvalue weighted by atomic mass is 16.8. The number of oxime groups is 1. The number of nitro groups is 1. The molecule has 2 aliphatic carbocycles. The number of nitrogens with zero attached hydrogens (tertiary/aromatic N) is 3. The number of methoxy groups -OCH3 is 2. The molecule has 3 aromatic carbocycles. The van der Waals surface area contributed by atoms with Crippen molar-refractivity contribution >= 4 is 29.3 Å². The van der Waals surface area contributed by atoms with Gasteiger partial charge in [0.2, 0.25) is 12.1 Å². The van der Waals surface area contributed by atoms with Crippen LogP contribution in [0.25, 0.3) is 0 Å². The summed E-state index contributed by atoms with van der Waals surface area (Å²) in [4.78, 5) is 47.1. The Kier molecular flexibility index (Phi) is 17.5. The first-order chi connectivity index (χ1) is 33.6. The van der Waals surface area contributed by atoms with Gasteiger partial charge in [0, 0.05) is 62.3 Å². The molecule has 4 aliphatic rings. The number of hydrogen-bond acceptors (Lipinski definition) is 15. The first-order valence-corrected chi connectivity index (χ1v) is 23.9. The third-order valence-corrected chi connectivity index (χ3v) is 13.2. The minimum atomic E-state index is -1.60. The van der Waals surface area contributed by atoms with E-state index in [1.165, 1.54) is 38.5 Å². The van der Waals surface area contributed by atoms with Crippen LogP contribution in [0, 0.1) is 27.9 Å². The van der Waals surface area contributed by atoms with E-state index in [1.54, 1.807) is 41.3 Å². The summed E-state index contributed by atoms with van der Waals surface area (Å²) in [6, 6.07) is 14.6. The molecule has 0 spiro atoms. The van der Waals surface area contributed by atoms with Crippen LogP contribution in [-0.2, 0) is 14.3 Å². The maximum Gasteiger partial charge on any atom is 0.417 e. The molecule has 1 unspecified atom stereocenters. The maximum atomic E-state index is 14.7. The van der Waals surface area contributed by atoms with Gasteiger partial charge in [0.05, 0.1) is 49.7 Å². The van der Waals surface area contributed by atoms with Crippen LogP contribution < -0.4 is 29.0 Å². The van der Waals surface area contributed by atoms with Crippen LogP contribution in [0.1, 0.15) is 89.0 Å². The molecule has 3 N–H and O–H groups in total. The van der Waals surface area contributed by atoms with Crippen molar-refractivity contribution < 1.29 is 62.7 Å². The number of rotatable bonds is 22. The van der Waals surface area contributed by atoms with Crippen molar-refractivity contribution in [3.05, 3.63) is 101 Å². The Balaban J connectivity index is 1.38. The molecule has 372 valence electrons. The summed E-state index contributed by atoms with van der Waals surface area (Å²) in [7, 11) is 3.02. The molecule has 18 nitrogen and oxygen atoms in total. The number of aliphatic hydroxyl groups excluding tert-OH is 2. The lowest BCUT2D eigenvalue weighted by Gasteiger charge is -2.59. The third-order valence-electron chi connectivity index (χ3n) is 13.2. The van der Waals surface area contributed by atoms with E-state index in [4.69, 9.17) is 43.2 Å². The number of carbonyl (C=O) groups is 2. The van der Waals surface area contributed by atoms with Crippen molar-refractivity contribution in [2.45, 2.75) is 102 Å². The number of hydrogen-bond donors (Lipinski definition) is 3. The number of fused-ring (bicyclic) bond motifs is 2. The minimum absolute atomic E-state index is 0.0115. The number of carbonyl (C=O) groups excluding carboxylic acids is 2. The first kappa shape index (κ1) is 50.7. The van der Waals surface area contributed by atoms with E-state index in [0.29, 0.717) is 73.8 Å². The van der Waals surface area contributed by atoms with E-state index in [2.05, 4.69) is 18.0 Å². The van der Waals surface area contributed by atoms with Crippen molar-refractivity contribution in [2.75, 3.05) is 52.5 Å². The van der Waals surface area contributed by atoms with Crippen LogP contribution in [0.3, 0.4) is 0 Å². The van der Waals surface area contributed by atoms with E-state index in [0.717, 1.165) is 36.8 Å². The average Bonchev–Trinajstić information content (AvgIpc) is 3.36. The number of non-ortho nitro benzene ring substituents is 1. The van der Waals surface area contributed by atoms with Crippen molar-refractivity contribution in [3.8, 4) is 28.7 Å². The Morgan fingerprint density at radius 2 is 1.72 bits per heavy atom. The Morgan fingerprint density at radius 1 is 0.971 bits per heavy atom. The Labute approximate surface area is 402 Å². The predicted molar refractivity (Wildman–Crippen MR) is 255 cm³/mol. The van der Waals surface area contributed by atoms with Crippen molar-refractivity contribution in [1.29, 1.82) is 0 Å². The number of benzene rings is 3. The highest BCUT2D eigenvalue weighted by molar-refractivity contribution is 6.03. The number of ether oxygens (including phenoxy) is 7. The lowest BCUT2D eigenvalue weighted by molar-refractivity contribution is -0.384. The molecule has 7 rings (SSSR count). The Hall–Kier alpha value is -6.21. The zero-order valence-corrected chi connectivity index (χ0v) is 39.5. The molecule has 0 bridgehead atoms. The van der Waals surface area contributed by atoms with Gasteiger partial charge in [-0.25, -0.2) is 9.59 Å². The van der Waals surface area contributed by atoms with Gasteiger partial charge < -0.3 is 48.2 Å². The van der Waals surface area contributed by atoms with Crippen LogP contribution in [0.2, 0.25) is 0 Å². The van der Waals surface area contributed by atoms with Gasteiger partial charge in [-0.1, -0.05) is 37.1 Å². The average molecular weight is 957 g/mol. The second-order valence-corrected chi connectivity index (χ2v) is 17.6. The number of aliphatic hydroxyl groups is 2. The highest BCUT2D eigenvalue weighted by Crippen LogP contribution is 2.62. The van der Waals surface area contributed by atoms with Gasteiger partial charge in [0.15, 0.2) is 0 Å². The molecular weight excluding hydrogens is 893 g/mol. The van der Waals surface area contributed by atoms with E-state index < -0.39 is 47.1 Å². The lowest BCUT2D eigenvalue weighted by Crippen LogP contribution is -2.70. The van der Waals surface area contributed by atoms with Gasteiger partial charge in [-0.15, -0.1) is 6.58 Å². The summed E-state index contributed by atoms with van der Waals surface area (Å²) >= 11 is 0. The molecule has 7 atom stereocenters. The second-order valence-electron chi connectivity index (χ2n) is 17.6. The Bertz CT molecular complexity index is 2320. The second kappa shape index (κ2) is 23.9. The van der Waals surface area contributed by atoms with Crippen LogP contribution in [0.4, 0.5) is 21.0 Å². The maximum absolute atomic E-state index is 14.7. The number of nitro benzene ring substituents is 1. The minimum Gasteiger partial charge on any atom is -0.497 e. The quantitative estimate of drug-likeness (QED) is 0.0370. The standard InChI is InChI=1S/C51H64N4O14/c1-5-24-54(50(59)67-35-18-16-34(17-19-35)55(60)61)45-32-42(53-69-46-15-9-12-28-64-46)39-29-33(13-7-10-25-56)38(14-8-11-26-57)47-40-30-37(21-23-43(40)68-51(45,48(39)47)65-27-6-2)66-49(58)52-41-22-20-36(62-3)31-44(41)63-4/h6,16-23,29-31,33,38,45-48,56-57H,2,5,7-15,24-28,32H2,1,3-4H3,(H,52,58)/t33-,38+,45-,46?,47+,48+,51+/m0/s1. The topological polar surface area (TPSA) is 219 Å². The van der Waals surface area contributed by atoms with Gasteiger partial charge in [0.1, 0.15) is 34.8 Å². The van der Waals surface area contributed by atoms with Crippen LogP contribution >= 0.6 is 0 Å². The van der Waals surface area contributed by atoms with E-state index in [-0.39, 0.29) is 61.8 Å². The number of allylic oxidation sites excluding steroid dienone is 1. The molecule has 2 fully saturated rings. The molecule has 1 saturated carbocycles.